The van der Waals surface area contributed by atoms with Gasteiger partial charge in [-0.05, 0) is 24.2 Å². The number of amides is 1. The maximum Gasteiger partial charge on any atom is 0.220 e. The zero-order valence-electron chi connectivity index (χ0n) is 9.72. The highest BCUT2D eigenvalue weighted by Gasteiger charge is 2.64. The van der Waals surface area contributed by atoms with E-state index in [0.717, 1.165) is 12.8 Å². The van der Waals surface area contributed by atoms with Crippen molar-refractivity contribution in [1.29, 1.82) is 0 Å². The third-order valence-corrected chi connectivity index (χ3v) is 4.57. The number of rotatable bonds is 2. The first kappa shape index (κ1) is 10.7. The van der Waals surface area contributed by atoms with Crippen LogP contribution in [-0.2, 0) is 9.59 Å². The molecule has 0 aliphatic heterocycles. The van der Waals surface area contributed by atoms with Crippen LogP contribution in [0.15, 0.2) is 0 Å². The lowest BCUT2D eigenvalue weighted by Gasteiger charge is -2.37. The van der Waals surface area contributed by atoms with E-state index in [0.29, 0.717) is 18.8 Å². The molecular formula is C12H19NO2. The second kappa shape index (κ2) is 3.06. The van der Waals surface area contributed by atoms with Crippen LogP contribution in [0.25, 0.3) is 0 Å². The van der Waals surface area contributed by atoms with Crippen molar-refractivity contribution in [3.63, 3.8) is 0 Å². The minimum Gasteiger partial charge on any atom is -0.343 e. The molecule has 1 amide bonds. The highest BCUT2D eigenvalue weighted by Crippen LogP contribution is 2.58. The van der Waals surface area contributed by atoms with E-state index < -0.39 is 5.54 Å². The molecule has 0 spiro atoms. The van der Waals surface area contributed by atoms with Crippen molar-refractivity contribution in [3.8, 4) is 0 Å². The van der Waals surface area contributed by atoms with E-state index >= 15 is 0 Å². The molecule has 0 saturated heterocycles. The average molecular weight is 209 g/mol. The fraction of sp³-hybridized carbons (Fsp3) is 0.833. The van der Waals surface area contributed by atoms with E-state index in [1.54, 1.807) is 0 Å². The summed E-state index contributed by atoms with van der Waals surface area (Å²) >= 11 is 0. The van der Waals surface area contributed by atoms with Crippen molar-refractivity contribution < 1.29 is 9.59 Å². The zero-order valence-corrected chi connectivity index (χ0v) is 9.72. The largest absolute Gasteiger partial charge is 0.343 e. The Kier molecular flexibility index (Phi) is 2.18. The van der Waals surface area contributed by atoms with Crippen LogP contribution in [0, 0.1) is 11.3 Å². The van der Waals surface area contributed by atoms with E-state index in [4.69, 9.17) is 0 Å². The third-order valence-electron chi connectivity index (χ3n) is 4.57. The standard InChI is InChI=1S/C12H19NO2/c1-4-10(15)13-12-6-5-8(7-9(12)14)11(12,2)3/h8H,4-7H2,1-3H3,(H,13,15)/t8-,12-/m1/s1. The lowest BCUT2D eigenvalue weighted by Crippen LogP contribution is -2.57. The molecule has 2 bridgehead atoms. The summed E-state index contributed by atoms with van der Waals surface area (Å²) < 4.78 is 0. The Morgan fingerprint density at radius 3 is 2.60 bits per heavy atom. The summed E-state index contributed by atoms with van der Waals surface area (Å²) in [6, 6.07) is 0. The van der Waals surface area contributed by atoms with E-state index in [9.17, 15) is 9.59 Å². The van der Waals surface area contributed by atoms with Gasteiger partial charge < -0.3 is 5.32 Å². The first-order valence-corrected chi connectivity index (χ1v) is 5.78. The summed E-state index contributed by atoms with van der Waals surface area (Å²) in [6.45, 7) is 6.06. The maximum absolute atomic E-state index is 12.0. The highest BCUT2D eigenvalue weighted by atomic mass is 16.2. The molecule has 2 aliphatic carbocycles. The number of Topliss-reactive ketones (excluding diaryl/α,β-unsaturated/α-hetero) is 1. The van der Waals surface area contributed by atoms with Crippen molar-refractivity contribution >= 4 is 11.7 Å². The number of hydrogen-bond acceptors (Lipinski definition) is 2. The summed E-state index contributed by atoms with van der Waals surface area (Å²) in [5, 5.41) is 2.98. The van der Waals surface area contributed by atoms with Crippen LogP contribution in [0.1, 0.15) is 46.5 Å². The van der Waals surface area contributed by atoms with Gasteiger partial charge in [0.15, 0.2) is 5.78 Å². The first-order valence-electron chi connectivity index (χ1n) is 5.78. The molecule has 2 fully saturated rings. The van der Waals surface area contributed by atoms with Crippen molar-refractivity contribution in [2.45, 2.75) is 52.0 Å². The molecule has 2 rings (SSSR count). The number of ketones is 1. The molecule has 0 aromatic carbocycles. The molecule has 2 atom stereocenters. The van der Waals surface area contributed by atoms with Crippen LogP contribution in [0.4, 0.5) is 0 Å². The summed E-state index contributed by atoms with van der Waals surface area (Å²) in [6.07, 6.45) is 3.00. The second-order valence-electron chi connectivity index (χ2n) is 5.39. The van der Waals surface area contributed by atoms with Gasteiger partial charge in [-0.1, -0.05) is 20.8 Å². The Hall–Kier alpha value is -0.860. The van der Waals surface area contributed by atoms with Gasteiger partial charge in [-0.15, -0.1) is 0 Å². The average Bonchev–Trinajstić information content (AvgIpc) is 2.51. The normalized spacial score (nSPS) is 37.0. The molecule has 3 nitrogen and oxygen atoms in total. The smallest absolute Gasteiger partial charge is 0.220 e. The summed E-state index contributed by atoms with van der Waals surface area (Å²) in [4.78, 5) is 23.5. The first-order chi connectivity index (χ1) is 6.94. The van der Waals surface area contributed by atoms with Crippen LogP contribution in [-0.4, -0.2) is 17.2 Å². The Bertz CT molecular complexity index is 322. The molecule has 0 heterocycles. The molecule has 3 heteroatoms. The van der Waals surface area contributed by atoms with E-state index in [-0.39, 0.29) is 17.1 Å². The van der Waals surface area contributed by atoms with Crippen molar-refractivity contribution in [3.05, 3.63) is 0 Å². The molecule has 15 heavy (non-hydrogen) atoms. The van der Waals surface area contributed by atoms with Crippen molar-refractivity contribution in [2.75, 3.05) is 0 Å². The van der Waals surface area contributed by atoms with Gasteiger partial charge in [-0.2, -0.15) is 0 Å². The number of hydrogen-bond donors (Lipinski definition) is 1. The molecule has 0 aromatic rings. The summed E-state index contributed by atoms with van der Waals surface area (Å²) in [5.41, 5.74) is -0.611. The molecule has 0 aromatic heterocycles. The minimum atomic E-state index is -0.551. The molecule has 84 valence electrons. The quantitative estimate of drug-likeness (QED) is 0.751. The van der Waals surface area contributed by atoms with Gasteiger partial charge in [0.1, 0.15) is 5.54 Å². The van der Waals surface area contributed by atoms with Gasteiger partial charge in [0.2, 0.25) is 5.91 Å². The van der Waals surface area contributed by atoms with E-state index in [2.05, 4.69) is 19.2 Å². The van der Waals surface area contributed by atoms with Gasteiger partial charge in [-0.3, -0.25) is 9.59 Å². The minimum absolute atomic E-state index is 0.000949. The number of fused-ring (bicyclic) bond motifs is 2. The van der Waals surface area contributed by atoms with Gasteiger partial charge in [0.25, 0.3) is 0 Å². The molecule has 2 saturated carbocycles. The second-order valence-corrected chi connectivity index (χ2v) is 5.39. The molecule has 0 unspecified atom stereocenters. The van der Waals surface area contributed by atoms with Gasteiger partial charge in [-0.25, -0.2) is 0 Å². The molecular weight excluding hydrogens is 190 g/mol. The Morgan fingerprint density at radius 2 is 2.20 bits per heavy atom. The monoisotopic (exact) mass is 209 g/mol. The number of nitrogens with one attached hydrogen (secondary N) is 1. The molecule has 0 radical (unpaired) electrons. The lowest BCUT2D eigenvalue weighted by molar-refractivity contribution is -0.132. The lowest BCUT2D eigenvalue weighted by atomic mass is 9.76. The van der Waals surface area contributed by atoms with E-state index in [1.165, 1.54) is 0 Å². The molecule has 1 N–H and O–H groups in total. The zero-order chi connectivity index (χ0) is 11.3. The SMILES string of the molecule is CCC(=O)N[C@]12CC[C@H](CC1=O)C2(C)C. The summed E-state index contributed by atoms with van der Waals surface area (Å²) in [5.74, 6) is 0.701. The van der Waals surface area contributed by atoms with Gasteiger partial charge in [0.05, 0.1) is 0 Å². The predicted octanol–water partition coefficient (Wildman–Crippen LogP) is 1.66. The predicted molar refractivity (Wildman–Crippen MR) is 57.3 cm³/mol. The maximum atomic E-state index is 12.0. The van der Waals surface area contributed by atoms with Crippen LogP contribution in [0.3, 0.4) is 0 Å². The van der Waals surface area contributed by atoms with Crippen molar-refractivity contribution in [1.82, 2.24) is 5.32 Å². The fourth-order valence-electron chi connectivity index (χ4n) is 3.30. The van der Waals surface area contributed by atoms with Crippen LogP contribution >= 0.6 is 0 Å². The summed E-state index contributed by atoms with van der Waals surface area (Å²) in [7, 11) is 0. The van der Waals surface area contributed by atoms with Crippen LogP contribution < -0.4 is 5.32 Å². The Balaban J connectivity index is 2.31. The Labute approximate surface area is 90.6 Å². The van der Waals surface area contributed by atoms with Crippen LogP contribution in [0.2, 0.25) is 0 Å². The van der Waals surface area contributed by atoms with E-state index in [1.807, 2.05) is 6.92 Å². The van der Waals surface area contributed by atoms with Gasteiger partial charge >= 0.3 is 0 Å². The fourth-order valence-corrected chi connectivity index (χ4v) is 3.30. The van der Waals surface area contributed by atoms with Crippen molar-refractivity contribution in [2.24, 2.45) is 11.3 Å². The third kappa shape index (κ3) is 1.18. The highest BCUT2D eigenvalue weighted by molar-refractivity contribution is 5.97. The topological polar surface area (TPSA) is 46.2 Å². The molecule has 2 aliphatic rings. The number of carbonyl (C=O) groups excluding carboxylic acids is 2. The number of carbonyl (C=O) groups is 2. The van der Waals surface area contributed by atoms with Gasteiger partial charge in [0, 0.05) is 12.8 Å². The van der Waals surface area contributed by atoms with Crippen LogP contribution in [0.5, 0.6) is 0 Å². The Morgan fingerprint density at radius 1 is 1.53 bits per heavy atom.